The van der Waals surface area contributed by atoms with Gasteiger partial charge in [-0.15, -0.1) is 0 Å². The first-order chi connectivity index (χ1) is 8.95. The molecule has 0 saturated heterocycles. The van der Waals surface area contributed by atoms with Crippen molar-refractivity contribution in [3.05, 3.63) is 18.2 Å². The van der Waals surface area contributed by atoms with Gasteiger partial charge in [-0.2, -0.15) is 10.1 Å². The van der Waals surface area contributed by atoms with Gasteiger partial charge in [0.25, 0.3) is 15.2 Å². The van der Waals surface area contributed by atoms with E-state index in [0.717, 1.165) is 0 Å². The highest BCUT2D eigenvalue weighted by atomic mass is 32.2. The minimum Gasteiger partial charge on any atom is -0.497 e. The molecule has 8 nitrogen and oxygen atoms in total. The number of H-pyrrole nitrogens is 1. The van der Waals surface area contributed by atoms with Gasteiger partial charge in [0.15, 0.2) is 5.82 Å². The molecule has 0 aliphatic heterocycles. The number of benzene rings is 1. The fourth-order valence-electron chi connectivity index (χ4n) is 1.48. The van der Waals surface area contributed by atoms with E-state index in [1.54, 1.807) is 18.2 Å². The average Bonchev–Trinajstić information content (AvgIpc) is 2.87. The highest BCUT2D eigenvalue weighted by Crippen LogP contribution is 2.31. The summed E-state index contributed by atoms with van der Waals surface area (Å²) in [6.07, 6.45) is 0. The van der Waals surface area contributed by atoms with Gasteiger partial charge in [0, 0.05) is 6.07 Å². The Morgan fingerprint density at radius 2 is 2.00 bits per heavy atom. The Balaban J connectivity index is 2.50. The lowest BCUT2D eigenvalue weighted by atomic mass is 10.2. The zero-order valence-electron chi connectivity index (χ0n) is 10.2. The first-order valence-corrected chi connectivity index (χ1v) is 6.68. The Hall–Kier alpha value is -2.13. The standard InChI is InChI=1S/C10H12N4O4S/c1-17-6-3-4-7(8(5-6)18-2)9-12-10(14-13-9)19(11,15)16/h3-5H,1-2H3,(H2,11,15,16)(H,12,13,14). The summed E-state index contributed by atoms with van der Waals surface area (Å²) in [6, 6.07) is 4.99. The van der Waals surface area contributed by atoms with Gasteiger partial charge < -0.3 is 9.47 Å². The van der Waals surface area contributed by atoms with Gasteiger partial charge in [-0.1, -0.05) is 0 Å². The van der Waals surface area contributed by atoms with Crippen molar-refractivity contribution in [2.75, 3.05) is 14.2 Å². The van der Waals surface area contributed by atoms with E-state index in [-0.39, 0.29) is 5.82 Å². The number of hydrogen-bond acceptors (Lipinski definition) is 6. The molecule has 0 aliphatic carbocycles. The van der Waals surface area contributed by atoms with Crippen molar-refractivity contribution in [3.63, 3.8) is 0 Å². The molecule has 2 rings (SSSR count). The van der Waals surface area contributed by atoms with Crippen LogP contribution in [-0.2, 0) is 10.0 Å². The quantitative estimate of drug-likeness (QED) is 0.823. The number of sulfonamides is 1. The minimum atomic E-state index is -3.92. The Morgan fingerprint density at radius 3 is 2.53 bits per heavy atom. The molecule has 0 atom stereocenters. The van der Waals surface area contributed by atoms with Crippen molar-refractivity contribution >= 4 is 10.0 Å². The van der Waals surface area contributed by atoms with E-state index in [1.807, 2.05) is 0 Å². The molecule has 1 aromatic heterocycles. The number of rotatable bonds is 4. The third-order valence-electron chi connectivity index (χ3n) is 2.38. The second-order valence-corrected chi connectivity index (χ2v) is 5.05. The summed E-state index contributed by atoms with van der Waals surface area (Å²) in [4.78, 5) is 3.82. The van der Waals surface area contributed by atoms with Crippen LogP contribution < -0.4 is 14.6 Å². The fraction of sp³-hybridized carbons (Fsp3) is 0.200. The lowest BCUT2D eigenvalue weighted by Crippen LogP contribution is -2.13. The lowest BCUT2D eigenvalue weighted by Gasteiger charge is -2.07. The van der Waals surface area contributed by atoms with E-state index in [1.165, 1.54) is 14.2 Å². The summed E-state index contributed by atoms with van der Waals surface area (Å²) in [5, 5.41) is 10.6. The molecule has 0 amide bonds. The van der Waals surface area contributed by atoms with Crippen molar-refractivity contribution in [3.8, 4) is 22.9 Å². The molecule has 1 heterocycles. The van der Waals surface area contributed by atoms with Gasteiger partial charge >= 0.3 is 0 Å². The van der Waals surface area contributed by atoms with E-state index < -0.39 is 15.2 Å². The summed E-state index contributed by atoms with van der Waals surface area (Å²) in [7, 11) is -0.911. The second kappa shape index (κ2) is 4.86. The van der Waals surface area contributed by atoms with Crippen molar-refractivity contribution in [1.82, 2.24) is 15.2 Å². The van der Waals surface area contributed by atoms with Crippen molar-refractivity contribution in [1.29, 1.82) is 0 Å². The van der Waals surface area contributed by atoms with Crippen LogP contribution in [0.1, 0.15) is 0 Å². The van der Waals surface area contributed by atoms with Crippen LogP contribution in [0.5, 0.6) is 11.5 Å². The van der Waals surface area contributed by atoms with E-state index in [0.29, 0.717) is 17.1 Å². The summed E-state index contributed by atoms with van der Waals surface area (Å²) in [6.45, 7) is 0. The summed E-state index contributed by atoms with van der Waals surface area (Å²) >= 11 is 0. The maximum absolute atomic E-state index is 11.1. The average molecular weight is 284 g/mol. The fourth-order valence-corrected chi connectivity index (χ4v) is 1.86. The predicted molar refractivity (Wildman–Crippen MR) is 66.3 cm³/mol. The molecule has 2 aromatic rings. The second-order valence-electron chi connectivity index (χ2n) is 3.58. The van der Waals surface area contributed by atoms with Gasteiger partial charge in [0.1, 0.15) is 11.5 Å². The number of nitrogens with zero attached hydrogens (tertiary/aromatic N) is 2. The summed E-state index contributed by atoms with van der Waals surface area (Å²) in [5.74, 6) is 1.23. The third-order valence-corrected chi connectivity index (χ3v) is 3.11. The van der Waals surface area contributed by atoms with Crippen molar-refractivity contribution in [2.24, 2.45) is 5.14 Å². The summed E-state index contributed by atoms with van der Waals surface area (Å²) in [5.41, 5.74) is 0.523. The highest BCUT2D eigenvalue weighted by molar-refractivity contribution is 7.89. The number of aromatic amines is 1. The SMILES string of the molecule is COc1ccc(-c2n[nH]c(S(N)(=O)=O)n2)c(OC)c1. The highest BCUT2D eigenvalue weighted by Gasteiger charge is 2.17. The number of primary sulfonamides is 1. The molecule has 0 unspecified atom stereocenters. The van der Waals surface area contributed by atoms with Crippen LogP contribution in [0, 0.1) is 0 Å². The molecule has 0 radical (unpaired) electrons. The van der Waals surface area contributed by atoms with Gasteiger partial charge in [-0.3, -0.25) is 0 Å². The number of aromatic nitrogens is 3. The molecule has 3 N–H and O–H groups in total. The van der Waals surface area contributed by atoms with Crippen molar-refractivity contribution < 1.29 is 17.9 Å². The first-order valence-electron chi connectivity index (χ1n) is 5.13. The van der Waals surface area contributed by atoms with E-state index in [4.69, 9.17) is 14.6 Å². The normalized spacial score (nSPS) is 11.3. The molecule has 9 heteroatoms. The maximum Gasteiger partial charge on any atom is 0.273 e. The zero-order chi connectivity index (χ0) is 14.0. The van der Waals surface area contributed by atoms with E-state index >= 15 is 0 Å². The molecular formula is C10H12N4O4S. The Labute approximate surface area is 109 Å². The number of ether oxygens (including phenoxy) is 2. The molecule has 0 spiro atoms. The van der Waals surface area contributed by atoms with E-state index in [2.05, 4.69) is 15.2 Å². The van der Waals surface area contributed by atoms with Gasteiger partial charge in [-0.25, -0.2) is 18.7 Å². The molecule has 0 bridgehead atoms. The smallest absolute Gasteiger partial charge is 0.273 e. The maximum atomic E-state index is 11.1. The van der Waals surface area contributed by atoms with Crippen LogP contribution in [0.2, 0.25) is 0 Å². The lowest BCUT2D eigenvalue weighted by molar-refractivity contribution is 0.395. The van der Waals surface area contributed by atoms with Gasteiger partial charge in [-0.05, 0) is 12.1 Å². The number of hydrogen-bond donors (Lipinski definition) is 2. The first kappa shape index (κ1) is 13.3. The van der Waals surface area contributed by atoms with Crippen LogP contribution >= 0.6 is 0 Å². The monoisotopic (exact) mass is 284 g/mol. The summed E-state index contributed by atoms with van der Waals surface area (Å²) < 4.78 is 32.5. The molecule has 0 saturated carbocycles. The van der Waals surface area contributed by atoms with Crippen LogP contribution in [0.3, 0.4) is 0 Å². The zero-order valence-corrected chi connectivity index (χ0v) is 11.1. The van der Waals surface area contributed by atoms with Crippen molar-refractivity contribution in [2.45, 2.75) is 5.16 Å². The largest absolute Gasteiger partial charge is 0.497 e. The molecule has 1 aromatic carbocycles. The van der Waals surface area contributed by atoms with Crippen LogP contribution in [0.25, 0.3) is 11.4 Å². The topological polar surface area (TPSA) is 120 Å². The molecule has 102 valence electrons. The Bertz CT molecular complexity index is 695. The molecule has 0 fully saturated rings. The van der Waals surface area contributed by atoms with E-state index in [9.17, 15) is 8.42 Å². The molecule has 0 aliphatic rings. The van der Waals surface area contributed by atoms with Gasteiger partial charge in [0.05, 0.1) is 19.8 Å². The minimum absolute atomic E-state index is 0.170. The third kappa shape index (κ3) is 2.66. The number of methoxy groups -OCH3 is 2. The van der Waals surface area contributed by atoms with Crippen LogP contribution in [-0.4, -0.2) is 37.8 Å². The number of nitrogens with two attached hydrogens (primary N) is 1. The molecule has 19 heavy (non-hydrogen) atoms. The predicted octanol–water partition coefficient (Wildman–Crippen LogP) is 0.136. The number of nitrogens with one attached hydrogen (secondary N) is 1. The molecular weight excluding hydrogens is 272 g/mol. The Morgan fingerprint density at radius 1 is 1.26 bits per heavy atom. The van der Waals surface area contributed by atoms with Crippen LogP contribution in [0.15, 0.2) is 23.4 Å². The van der Waals surface area contributed by atoms with Crippen LogP contribution in [0.4, 0.5) is 0 Å². The Kier molecular flexibility index (Phi) is 3.40. The van der Waals surface area contributed by atoms with Gasteiger partial charge in [0.2, 0.25) is 0 Å².